The average molecular weight is 398 g/mol. The zero-order chi connectivity index (χ0) is 20.3. The summed E-state index contributed by atoms with van der Waals surface area (Å²) in [6.07, 6.45) is 0.933. The van der Waals surface area contributed by atoms with Gasteiger partial charge in [0.2, 0.25) is 5.91 Å². The second kappa shape index (κ2) is 8.39. The largest absolute Gasteiger partial charge is 0.466 e. The van der Waals surface area contributed by atoms with Crippen LogP contribution in [-0.4, -0.2) is 16.9 Å². The zero-order valence-electron chi connectivity index (χ0n) is 16.3. The van der Waals surface area contributed by atoms with Crippen molar-refractivity contribution in [2.75, 3.05) is 4.90 Å². The standard InChI is InChI=1S/C21H22N2O4S/c1-5-16-6-8-18(9-7-16)23(15(4)24)21-22-17(12-28-21)11-26-20(25)19-10-13(2)27-14(19)3/h6-10,12H,5,11H2,1-4H3. The van der Waals surface area contributed by atoms with Crippen LogP contribution in [0, 0.1) is 13.8 Å². The van der Waals surface area contributed by atoms with Crippen molar-refractivity contribution in [3.8, 4) is 0 Å². The molecule has 1 aromatic carbocycles. The number of aryl methyl sites for hydroxylation is 3. The minimum absolute atomic E-state index is 0.0273. The van der Waals surface area contributed by atoms with Crippen LogP contribution in [-0.2, 0) is 22.6 Å². The summed E-state index contributed by atoms with van der Waals surface area (Å²) in [5, 5.41) is 2.32. The smallest absolute Gasteiger partial charge is 0.342 e. The number of nitrogens with zero attached hydrogens (tertiary/aromatic N) is 2. The molecule has 1 amide bonds. The highest BCUT2D eigenvalue weighted by Gasteiger charge is 2.19. The third kappa shape index (κ3) is 4.31. The van der Waals surface area contributed by atoms with E-state index in [4.69, 9.17) is 9.15 Å². The van der Waals surface area contributed by atoms with Crippen LogP contribution >= 0.6 is 11.3 Å². The molecule has 146 valence electrons. The van der Waals surface area contributed by atoms with Gasteiger partial charge in [-0.05, 0) is 44.0 Å². The third-order valence-corrected chi connectivity index (χ3v) is 5.14. The fraction of sp³-hybridized carbons (Fsp3) is 0.286. The first-order valence-corrected chi connectivity index (χ1v) is 9.85. The van der Waals surface area contributed by atoms with Crippen LogP contribution < -0.4 is 4.90 Å². The molecule has 2 aromatic heterocycles. The molecule has 3 aromatic rings. The van der Waals surface area contributed by atoms with Gasteiger partial charge in [0.15, 0.2) is 5.13 Å². The van der Waals surface area contributed by atoms with Crippen molar-refractivity contribution in [2.24, 2.45) is 0 Å². The maximum atomic E-state index is 12.2. The summed E-state index contributed by atoms with van der Waals surface area (Å²) in [5.41, 5.74) is 2.95. The second-order valence-corrected chi connectivity index (χ2v) is 7.24. The van der Waals surface area contributed by atoms with E-state index in [9.17, 15) is 9.59 Å². The lowest BCUT2D eigenvalue weighted by Crippen LogP contribution is -2.22. The Morgan fingerprint density at radius 2 is 1.93 bits per heavy atom. The Labute approximate surface area is 167 Å². The molecule has 0 aliphatic rings. The highest BCUT2D eigenvalue weighted by molar-refractivity contribution is 7.14. The quantitative estimate of drug-likeness (QED) is 0.549. The number of ether oxygens (including phenoxy) is 1. The summed E-state index contributed by atoms with van der Waals surface area (Å²) in [6, 6.07) is 9.46. The monoisotopic (exact) mass is 398 g/mol. The van der Waals surface area contributed by atoms with Crippen LogP contribution in [0.2, 0.25) is 0 Å². The molecule has 0 radical (unpaired) electrons. The first-order valence-electron chi connectivity index (χ1n) is 8.97. The van der Waals surface area contributed by atoms with Crippen LogP contribution in [0.4, 0.5) is 10.8 Å². The van der Waals surface area contributed by atoms with Crippen molar-refractivity contribution in [1.29, 1.82) is 0 Å². The molecule has 7 heteroatoms. The SMILES string of the molecule is CCc1ccc(N(C(C)=O)c2nc(COC(=O)c3cc(C)oc3C)cs2)cc1. The van der Waals surface area contributed by atoms with Gasteiger partial charge in [-0.3, -0.25) is 9.69 Å². The molecule has 0 N–H and O–H groups in total. The molecule has 0 unspecified atom stereocenters. The Morgan fingerprint density at radius 3 is 2.50 bits per heavy atom. The number of benzene rings is 1. The lowest BCUT2D eigenvalue weighted by molar-refractivity contribution is -0.115. The molecular formula is C21H22N2O4S. The van der Waals surface area contributed by atoms with Crippen LogP contribution in [0.3, 0.4) is 0 Å². The van der Waals surface area contributed by atoms with Gasteiger partial charge in [0.05, 0.1) is 11.4 Å². The van der Waals surface area contributed by atoms with E-state index in [0.29, 0.717) is 27.9 Å². The van der Waals surface area contributed by atoms with Crippen molar-refractivity contribution < 1.29 is 18.7 Å². The van der Waals surface area contributed by atoms with Gasteiger partial charge in [0.25, 0.3) is 0 Å². The lowest BCUT2D eigenvalue weighted by Gasteiger charge is -2.18. The fourth-order valence-corrected chi connectivity index (χ4v) is 3.70. The van der Waals surface area contributed by atoms with E-state index in [1.54, 1.807) is 30.2 Å². The summed E-state index contributed by atoms with van der Waals surface area (Å²) in [7, 11) is 0. The van der Waals surface area contributed by atoms with E-state index < -0.39 is 5.97 Å². The molecular weight excluding hydrogens is 376 g/mol. The number of amides is 1. The number of hydrogen-bond donors (Lipinski definition) is 0. The fourth-order valence-electron chi connectivity index (χ4n) is 2.82. The molecule has 0 bridgehead atoms. The summed E-state index contributed by atoms with van der Waals surface area (Å²) in [4.78, 5) is 30.4. The van der Waals surface area contributed by atoms with Crippen LogP contribution in [0.5, 0.6) is 0 Å². The topological polar surface area (TPSA) is 72.6 Å². The van der Waals surface area contributed by atoms with E-state index in [2.05, 4.69) is 11.9 Å². The number of carbonyl (C=O) groups is 2. The molecule has 0 aliphatic carbocycles. The number of rotatable bonds is 6. The Hall–Kier alpha value is -2.93. The summed E-state index contributed by atoms with van der Waals surface area (Å²) >= 11 is 1.33. The Balaban J connectivity index is 1.72. The Morgan fingerprint density at radius 1 is 1.21 bits per heavy atom. The van der Waals surface area contributed by atoms with Gasteiger partial charge < -0.3 is 9.15 Å². The molecule has 2 heterocycles. The summed E-state index contributed by atoms with van der Waals surface area (Å²) < 4.78 is 10.7. The predicted octanol–water partition coefficient (Wildman–Crippen LogP) is 4.96. The molecule has 6 nitrogen and oxygen atoms in total. The van der Waals surface area contributed by atoms with Gasteiger partial charge in [0, 0.05) is 12.3 Å². The number of hydrogen-bond acceptors (Lipinski definition) is 6. The van der Waals surface area contributed by atoms with Crippen molar-refractivity contribution in [1.82, 2.24) is 4.98 Å². The lowest BCUT2D eigenvalue weighted by atomic mass is 10.1. The number of esters is 1. The number of anilines is 2. The highest BCUT2D eigenvalue weighted by atomic mass is 32.1. The average Bonchev–Trinajstić information content (AvgIpc) is 3.26. The van der Waals surface area contributed by atoms with Gasteiger partial charge in [0.1, 0.15) is 23.7 Å². The predicted molar refractivity (Wildman–Crippen MR) is 108 cm³/mol. The van der Waals surface area contributed by atoms with Crippen LogP contribution in [0.15, 0.2) is 40.1 Å². The summed E-state index contributed by atoms with van der Waals surface area (Å²) in [5.74, 6) is 0.598. The van der Waals surface area contributed by atoms with E-state index in [-0.39, 0.29) is 12.5 Å². The molecule has 0 atom stereocenters. The summed E-state index contributed by atoms with van der Waals surface area (Å²) in [6.45, 7) is 7.11. The van der Waals surface area contributed by atoms with E-state index >= 15 is 0 Å². The Kier molecular flexibility index (Phi) is 5.94. The van der Waals surface area contributed by atoms with Gasteiger partial charge in [-0.2, -0.15) is 0 Å². The van der Waals surface area contributed by atoms with Crippen LogP contribution in [0.25, 0.3) is 0 Å². The third-order valence-electron chi connectivity index (χ3n) is 4.26. The van der Waals surface area contributed by atoms with Crippen molar-refractivity contribution in [3.63, 3.8) is 0 Å². The van der Waals surface area contributed by atoms with Gasteiger partial charge >= 0.3 is 5.97 Å². The molecule has 28 heavy (non-hydrogen) atoms. The number of aromatic nitrogens is 1. The Bertz CT molecular complexity index is 988. The molecule has 0 saturated carbocycles. The van der Waals surface area contributed by atoms with E-state index in [0.717, 1.165) is 12.1 Å². The van der Waals surface area contributed by atoms with Gasteiger partial charge in [-0.15, -0.1) is 11.3 Å². The number of thiazole rings is 1. The molecule has 0 spiro atoms. The minimum atomic E-state index is -0.456. The van der Waals surface area contributed by atoms with Gasteiger partial charge in [-0.1, -0.05) is 19.1 Å². The van der Waals surface area contributed by atoms with Crippen molar-refractivity contribution >= 4 is 34.0 Å². The second-order valence-electron chi connectivity index (χ2n) is 6.40. The van der Waals surface area contributed by atoms with Crippen LogP contribution in [0.1, 0.15) is 47.0 Å². The first-order chi connectivity index (χ1) is 13.4. The molecule has 0 saturated heterocycles. The maximum absolute atomic E-state index is 12.2. The zero-order valence-corrected chi connectivity index (χ0v) is 17.1. The van der Waals surface area contributed by atoms with Crippen molar-refractivity contribution in [2.45, 2.75) is 40.7 Å². The van der Waals surface area contributed by atoms with E-state index in [1.807, 2.05) is 24.3 Å². The number of furan rings is 1. The number of carbonyl (C=O) groups excluding carboxylic acids is 2. The van der Waals surface area contributed by atoms with Crippen molar-refractivity contribution in [3.05, 3.63) is 64.1 Å². The maximum Gasteiger partial charge on any atom is 0.342 e. The molecule has 0 fully saturated rings. The highest BCUT2D eigenvalue weighted by Crippen LogP contribution is 2.29. The van der Waals surface area contributed by atoms with E-state index in [1.165, 1.54) is 23.8 Å². The normalized spacial score (nSPS) is 10.7. The first kappa shape index (κ1) is 19.8. The molecule has 3 rings (SSSR count). The van der Waals surface area contributed by atoms with Gasteiger partial charge in [-0.25, -0.2) is 9.78 Å². The minimum Gasteiger partial charge on any atom is -0.466 e. The molecule has 0 aliphatic heterocycles.